The molecule has 0 unspecified atom stereocenters. The van der Waals surface area contributed by atoms with Gasteiger partial charge < -0.3 is 0 Å². The molecule has 0 saturated heterocycles. The number of hydrogen-bond donors (Lipinski definition) is 0. The monoisotopic (exact) mass is 1780 g/mol. The van der Waals surface area contributed by atoms with Crippen LogP contribution in [0.5, 0.6) is 0 Å². The van der Waals surface area contributed by atoms with Gasteiger partial charge in [0.15, 0.2) is 0 Å². The van der Waals surface area contributed by atoms with Crippen molar-refractivity contribution in [3.8, 4) is 0 Å². The van der Waals surface area contributed by atoms with Crippen LogP contribution < -0.4 is 35.4 Å². The summed E-state index contributed by atoms with van der Waals surface area (Å²) in [6.45, 7) is 0. The molecule has 0 aliphatic rings. The molecule has 51 heteroatoms. The third-order valence-corrected chi connectivity index (χ3v) is 27.5. The molecule has 0 aliphatic carbocycles. The van der Waals surface area contributed by atoms with Crippen LogP contribution in [0.2, 0.25) is 0 Å². The first-order valence-electron chi connectivity index (χ1n) is 29.2. The van der Waals surface area contributed by atoms with Crippen molar-refractivity contribution in [2.24, 2.45) is 0 Å². The molecule has 115 heavy (non-hydrogen) atoms. The van der Waals surface area contributed by atoms with Gasteiger partial charge in [-0.05, 0) is 48.5 Å². The minimum absolute atomic E-state index is 0. The Morgan fingerprint density at radius 1 is 0.104 bits per heavy atom. The van der Waals surface area contributed by atoms with Gasteiger partial charge in [0.2, 0.25) is 0 Å². The van der Waals surface area contributed by atoms with Crippen molar-refractivity contribution >= 4 is 84.6 Å². The fourth-order valence-corrected chi connectivity index (χ4v) is 23.6. The molecule has 0 atom stereocenters. The van der Waals surface area contributed by atoms with E-state index in [4.69, 9.17) is 0 Å². The summed E-state index contributed by atoms with van der Waals surface area (Å²) >= 11 is -15.4. The van der Waals surface area contributed by atoms with Gasteiger partial charge >= 0.3 is 122 Å². The molecule has 0 radical (unpaired) electrons. The zero-order valence-corrected chi connectivity index (χ0v) is 57.6. The van der Waals surface area contributed by atoms with Crippen molar-refractivity contribution in [2.45, 2.75) is 98.8 Å². The first-order valence-corrected chi connectivity index (χ1v) is 33.9. The first kappa shape index (κ1) is 96.1. The van der Waals surface area contributed by atoms with E-state index in [1.807, 2.05) is 0 Å². The third kappa shape index (κ3) is 21.4. The number of rotatable bonds is 8. The molecule has 0 saturated carbocycles. The van der Waals surface area contributed by atoms with Crippen molar-refractivity contribution in [1.82, 2.24) is 0 Å². The summed E-state index contributed by atoms with van der Waals surface area (Å²) in [5.74, 6) is 0. The minimum Gasteiger partial charge on any atom is -0.217 e. The molecule has 8 aromatic carbocycles. The van der Waals surface area contributed by atoms with Crippen LogP contribution in [0.25, 0.3) is 0 Å². The van der Waals surface area contributed by atoms with Crippen LogP contribution in [0.1, 0.15) is 89.0 Å². The largest absolute Gasteiger partial charge is 2.00 e. The Morgan fingerprint density at radius 3 is 0.200 bits per heavy atom. The molecular formula is C64H24Al2F48Mg. The van der Waals surface area contributed by atoms with Crippen molar-refractivity contribution in [2.75, 3.05) is 0 Å². The van der Waals surface area contributed by atoms with E-state index < -0.39 is 395 Å². The van der Waals surface area contributed by atoms with E-state index in [0.717, 1.165) is 0 Å². The molecule has 624 valence electrons. The molecule has 0 spiro atoms. The summed E-state index contributed by atoms with van der Waals surface area (Å²) in [6.07, 6.45) is -97.8. The molecule has 8 aromatic rings. The summed E-state index contributed by atoms with van der Waals surface area (Å²) in [5, 5.41) is 0. The topological polar surface area (TPSA) is 0 Å². The second kappa shape index (κ2) is 30.5. The maximum absolute atomic E-state index is 14.2. The standard InChI is InChI=1S/8C8H3F6.2Al.Mg/c8*9-7(10,11)5-2-1-3-6(4-5)8(12,13)14;;;/h8*2-4H;;;/q;;;;;;;;2*-1;+2. The molecular weight excluding hydrogens is 1760 g/mol. The van der Waals surface area contributed by atoms with Gasteiger partial charge in [0.05, 0.1) is 89.0 Å². The van der Waals surface area contributed by atoms with Crippen LogP contribution in [0, 0.1) is 0 Å². The second-order valence-corrected chi connectivity index (χ2v) is 33.2. The summed E-state index contributed by atoms with van der Waals surface area (Å²) in [6, 6.07) is -16.7. The van der Waals surface area contributed by atoms with Crippen LogP contribution in [0.3, 0.4) is 0 Å². The van der Waals surface area contributed by atoms with Crippen molar-refractivity contribution < 1.29 is 211 Å². The fraction of sp³-hybridized carbons (Fsp3) is 0.250. The van der Waals surface area contributed by atoms with Gasteiger partial charge in [0.25, 0.3) is 26.2 Å². The SMILES string of the molecule is FC(F)(F)c1cc(C(F)(F)F)c[c]([Al-]([c]2cc(C(F)(F)F)cc(C(F)(F)F)c2)([c]2cc(C(F)(F)F)cc(C(F)(F)F)c2)[c]2cc(C(F)(F)F)cc(C(F)(F)F)c2)c1.FC(F)(F)c1cc(C(F)(F)F)c[c]([Al-]([c]2cc(C(F)(F)F)cc(C(F)(F)F)c2)([c]2cc(C(F)(F)F)cc(C(F)(F)F)c2)[c]2cc(C(F)(F)F)cc(C(F)(F)F)c2)c1.[Mg+2]. The van der Waals surface area contributed by atoms with Crippen LogP contribution in [0.15, 0.2) is 146 Å². The van der Waals surface area contributed by atoms with E-state index in [1.54, 1.807) is 0 Å². The average molecular weight is 1780 g/mol. The van der Waals surface area contributed by atoms with E-state index in [-0.39, 0.29) is 23.1 Å². The number of benzene rings is 8. The van der Waals surface area contributed by atoms with Gasteiger partial charge in [0, 0.05) is 0 Å². The number of hydrogen-bond acceptors (Lipinski definition) is 0. The molecule has 8 rings (SSSR count). The Bertz CT molecular complexity index is 3710. The normalized spacial score (nSPS) is 14.2. The Labute approximate surface area is 626 Å². The van der Waals surface area contributed by atoms with Gasteiger partial charge in [-0.15, -0.1) is 0 Å². The molecule has 0 aromatic heterocycles. The predicted molar refractivity (Wildman–Crippen MR) is 306 cm³/mol. The van der Waals surface area contributed by atoms with Crippen LogP contribution >= 0.6 is 0 Å². The van der Waals surface area contributed by atoms with Crippen molar-refractivity contribution in [3.63, 3.8) is 0 Å². The Hall–Kier alpha value is -7.77. The Morgan fingerprint density at radius 2 is 0.157 bits per heavy atom. The zero-order valence-electron chi connectivity index (χ0n) is 53.9. The van der Waals surface area contributed by atoms with Gasteiger partial charge in [-0.3, -0.25) is 0 Å². The smallest absolute Gasteiger partial charge is 0.217 e. The molecule has 0 fully saturated rings. The minimum atomic E-state index is -7.69. The summed E-state index contributed by atoms with van der Waals surface area (Å²) in [5.41, 5.74) is -42.1. The third-order valence-electron chi connectivity index (χ3n) is 16.9. The maximum Gasteiger partial charge on any atom is 2.00 e. The molecule has 0 N–H and O–H groups in total. The Kier molecular flexibility index (Phi) is 25.5. The van der Waals surface area contributed by atoms with E-state index in [1.165, 1.54) is 0 Å². The zero-order chi connectivity index (χ0) is 87.8. The quantitative estimate of drug-likeness (QED) is 0.105. The molecule has 0 heterocycles. The fourth-order valence-electron chi connectivity index (χ4n) is 12.1. The predicted octanol–water partition coefficient (Wildman–Crippen LogP) is 22.0. The van der Waals surface area contributed by atoms with Gasteiger partial charge in [-0.2, -0.15) is 211 Å². The van der Waals surface area contributed by atoms with E-state index >= 15 is 0 Å². The van der Waals surface area contributed by atoms with Gasteiger partial charge in [-0.1, -0.05) is 97.1 Å². The van der Waals surface area contributed by atoms with Crippen molar-refractivity contribution in [1.29, 1.82) is 0 Å². The molecule has 0 bridgehead atoms. The van der Waals surface area contributed by atoms with E-state index in [2.05, 4.69) is 0 Å². The van der Waals surface area contributed by atoms with Crippen molar-refractivity contribution in [3.05, 3.63) is 235 Å². The summed E-state index contributed by atoms with van der Waals surface area (Å²) in [7, 11) is 0. The molecule has 0 nitrogen and oxygen atoms in total. The molecule has 0 aliphatic heterocycles. The second-order valence-electron chi connectivity index (χ2n) is 24.4. The molecule has 0 amide bonds. The average Bonchev–Trinajstić information content (AvgIpc) is 0.711. The summed E-state index contributed by atoms with van der Waals surface area (Å²) < 4.78 is 665. The van der Waals surface area contributed by atoms with E-state index in [0.29, 0.717) is 0 Å². The number of halogens is 48. The van der Waals surface area contributed by atoms with E-state index in [9.17, 15) is 211 Å². The first-order chi connectivity index (χ1) is 50.5. The Balaban J connectivity index is 0.000000355. The van der Waals surface area contributed by atoms with Gasteiger partial charge in [-0.25, -0.2) is 35.4 Å². The van der Waals surface area contributed by atoms with Crippen LogP contribution in [0.4, 0.5) is 211 Å². The summed E-state index contributed by atoms with van der Waals surface area (Å²) in [4.78, 5) is 0. The number of alkyl halides is 48. The maximum atomic E-state index is 14.2. The van der Waals surface area contributed by atoms with Crippen LogP contribution in [-0.2, 0) is 98.8 Å². The van der Waals surface area contributed by atoms with Gasteiger partial charge in [0.1, 0.15) is 0 Å². The van der Waals surface area contributed by atoms with Crippen LogP contribution in [-0.4, -0.2) is 49.2 Å².